The second-order valence-corrected chi connectivity index (χ2v) is 4.09. The quantitative estimate of drug-likeness (QED) is 0.846. The first-order valence-corrected chi connectivity index (χ1v) is 6.15. The van der Waals surface area contributed by atoms with E-state index in [-0.39, 0.29) is 0 Å². The van der Waals surface area contributed by atoms with Crippen LogP contribution in [0.15, 0.2) is 36.5 Å². The number of para-hydroxylation sites is 1. The van der Waals surface area contributed by atoms with Gasteiger partial charge < -0.3 is 10.6 Å². The lowest BCUT2D eigenvalue weighted by Crippen LogP contribution is -2.15. The smallest absolute Gasteiger partial charge is 0.227 e. The number of anilines is 2. The zero-order valence-electron chi connectivity index (χ0n) is 10.8. The van der Waals surface area contributed by atoms with Gasteiger partial charge in [-0.1, -0.05) is 25.1 Å². The monoisotopic (exact) mass is 242 g/mol. The molecule has 2 N–H and O–H groups in total. The van der Waals surface area contributed by atoms with Crippen molar-refractivity contribution in [3.05, 3.63) is 47.8 Å². The lowest BCUT2D eigenvalue weighted by molar-refractivity contribution is 0.705. The van der Waals surface area contributed by atoms with Crippen molar-refractivity contribution in [2.24, 2.45) is 0 Å². The van der Waals surface area contributed by atoms with Gasteiger partial charge in [0.25, 0.3) is 0 Å². The van der Waals surface area contributed by atoms with E-state index in [1.54, 1.807) is 0 Å². The molecule has 0 spiro atoms. The lowest BCUT2D eigenvalue weighted by atomic mass is 10.2. The first-order valence-electron chi connectivity index (χ1n) is 6.15. The SMILES string of the molecule is CCNCc1nc(Nc2ccccc2)ncc1C. The second kappa shape index (κ2) is 6.12. The summed E-state index contributed by atoms with van der Waals surface area (Å²) in [5.41, 5.74) is 3.13. The van der Waals surface area contributed by atoms with Crippen LogP contribution in [0.3, 0.4) is 0 Å². The van der Waals surface area contributed by atoms with E-state index in [4.69, 9.17) is 0 Å². The molecule has 0 saturated heterocycles. The number of nitrogens with zero attached hydrogens (tertiary/aromatic N) is 2. The number of nitrogens with one attached hydrogen (secondary N) is 2. The van der Waals surface area contributed by atoms with Crippen LogP contribution in [-0.4, -0.2) is 16.5 Å². The molecule has 0 radical (unpaired) electrons. The minimum Gasteiger partial charge on any atom is -0.324 e. The molecule has 0 aliphatic heterocycles. The molecule has 1 heterocycles. The van der Waals surface area contributed by atoms with Crippen LogP contribution in [0.4, 0.5) is 11.6 Å². The van der Waals surface area contributed by atoms with E-state index in [9.17, 15) is 0 Å². The van der Waals surface area contributed by atoms with Gasteiger partial charge in [-0.15, -0.1) is 0 Å². The highest BCUT2D eigenvalue weighted by atomic mass is 15.1. The number of aryl methyl sites for hydroxylation is 1. The minimum atomic E-state index is 0.639. The molecule has 0 saturated carbocycles. The molecule has 0 atom stereocenters. The summed E-state index contributed by atoms with van der Waals surface area (Å²) < 4.78 is 0. The highest BCUT2D eigenvalue weighted by Gasteiger charge is 2.03. The Hall–Kier alpha value is -1.94. The van der Waals surface area contributed by atoms with Crippen molar-refractivity contribution >= 4 is 11.6 Å². The number of hydrogen-bond donors (Lipinski definition) is 2. The molecule has 0 aliphatic carbocycles. The maximum absolute atomic E-state index is 4.52. The lowest BCUT2D eigenvalue weighted by Gasteiger charge is -2.09. The van der Waals surface area contributed by atoms with Crippen LogP contribution in [0.5, 0.6) is 0 Å². The van der Waals surface area contributed by atoms with Gasteiger partial charge in [0.05, 0.1) is 5.69 Å². The number of benzene rings is 1. The van der Waals surface area contributed by atoms with E-state index in [1.807, 2.05) is 43.5 Å². The fourth-order valence-electron chi connectivity index (χ4n) is 1.61. The topological polar surface area (TPSA) is 49.8 Å². The molecule has 18 heavy (non-hydrogen) atoms. The van der Waals surface area contributed by atoms with Crippen molar-refractivity contribution in [3.8, 4) is 0 Å². The Morgan fingerprint density at radius 1 is 1.17 bits per heavy atom. The van der Waals surface area contributed by atoms with Crippen molar-refractivity contribution in [2.75, 3.05) is 11.9 Å². The highest BCUT2D eigenvalue weighted by Crippen LogP contribution is 2.13. The molecule has 2 aromatic rings. The molecule has 4 nitrogen and oxygen atoms in total. The third kappa shape index (κ3) is 3.28. The van der Waals surface area contributed by atoms with E-state index >= 15 is 0 Å². The number of rotatable bonds is 5. The Kier molecular flexibility index (Phi) is 4.25. The molecule has 0 unspecified atom stereocenters. The van der Waals surface area contributed by atoms with Gasteiger partial charge in [0.15, 0.2) is 0 Å². The predicted molar refractivity (Wildman–Crippen MR) is 73.9 cm³/mol. The summed E-state index contributed by atoms with van der Waals surface area (Å²) in [6, 6.07) is 9.93. The largest absolute Gasteiger partial charge is 0.324 e. The summed E-state index contributed by atoms with van der Waals surface area (Å²) in [7, 11) is 0. The molecular weight excluding hydrogens is 224 g/mol. The minimum absolute atomic E-state index is 0.639. The van der Waals surface area contributed by atoms with Crippen LogP contribution in [-0.2, 0) is 6.54 Å². The van der Waals surface area contributed by atoms with Crippen LogP contribution >= 0.6 is 0 Å². The predicted octanol–water partition coefficient (Wildman–Crippen LogP) is 2.64. The normalized spacial score (nSPS) is 10.3. The van der Waals surface area contributed by atoms with E-state index in [1.165, 1.54) is 0 Å². The van der Waals surface area contributed by atoms with Crippen LogP contribution in [0, 0.1) is 6.92 Å². The van der Waals surface area contributed by atoms with Gasteiger partial charge in [-0.2, -0.15) is 0 Å². The van der Waals surface area contributed by atoms with E-state index < -0.39 is 0 Å². The highest BCUT2D eigenvalue weighted by molar-refractivity contribution is 5.52. The van der Waals surface area contributed by atoms with Crippen molar-refractivity contribution in [3.63, 3.8) is 0 Å². The van der Waals surface area contributed by atoms with Gasteiger partial charge in [0.1, 0.15) is 0 Å². The average molecular weight is 242 g/mol. The first kappa shape index (κ1) is 12.5. The Balaban J connectivity index is 2.14. The van der Waals surface area contributed by atoms with Crippen LogP contribution in [0.1, 0.15) is 18.2 Å². The summed E-state index contributed by atoms with van der Waals surface area (Å²) in [6.07, 6.45) is 1.85. The molecule has 1 aromatic carbocycles. The van der Waals surface area contributed by atoms with Crippen LogP contribution < -0.4 is 10.6 Å². The zero-order valence-corrected chi connectivity index (χ0v) is 10.8. The van der Waals surface area contributed by atoms with Gasteiger partial charge in [-0.25, -0.2) is 9.97 Å². The van der Waals surface area contributed by atoms with Crippen molar-refractivity contribution in [2.45, 2.75) is 20.4 Å². The van der Waals surface area contributed by atoms with Gasteiger partial charge in [-0.05, 0) is 31.2 Å². The Morgan fingerprint density at radius 3 is 2.67 bits per heavy atom. The summed E-state index contributed by atoms with van der Waals surface area (Å²) in [6.45, 7) is 5.82. The van der Waals surface area contributed by atoms with Gasteiger partial charge in [0.2, 0.25) is 5.95 Å². The maximum Gasteiger partial charge on any atom is 0.227 e. The summed E-state index contributed by atoms with van der Waals surface area (Å²) in [4.78, 5) is 8.81. The molecule has 2 rings (SSSR count). The molecule has 1 aromatic heterocycles. The van der Waals surface area contributed by atoms with E-state index in [0.29, 0.717) is 5.95 Å². The zero-order chi connectivity index (χ0) is 12.8. The molecule has 0 amide bonds. The summed E-state index contributed by atoms with van der Waals surface area (Å²) in [5.74, 6) is 0.639. The molecular formula is C14H18N4. The summed E-state index contributed by atoms with van der Waals surface area (Å²) in [5, 5.41) is 6.48. The second-order valence-electron chi connectivity index (χ2n) is 4.09. The summed E-state index contributed by atoms with van der Waals surface area (Å²) >= 11 is 0. The van der Waals surface area contributed by atoms with Gasteiger partial charge in [-0.3, -0.25) is 0 Å². The Labute approximate surface area is 107 Å². The average Bonchev–Trinajstić information content (AvgIpc) is 2.40. The third-order valence-electron chi connectivity index (χ3n) is 2.65. The van der Waals surface area contributed by atoms with Crippen molar-refractivity contribution in [1.29, 1.82) is 0 Å². The van der Waals surface area contributed by atoms with Crippen LogP contribution in [0.2, 0.25) is 0 Å². The standard InChI is InChI=1S/C14H18N4/c1-3-15-10-13-11(2)9-16-14(18-13)17-12-7-5-4-6-8-12/h4-9,15H,3,10H2,1-2H3,(H,16,17,18). The fraction of sp³-hybridized carbons (Fsp3) is 0.286. The fourth-order valence-corrected chi connectivity index (χ4v) is 1.61. The molecule has 0 aliphatic rings. The van der Waals surface area contributed by atoms with Crippen LogP contribution in [0.25, 0.3) is 0 Å². The first-order chi connectivity index (χ1) is 8.79. The molecule has 0 bridgehead atoms. The molecule has 4 heteroatoms. The number of aromatic nitrogens is 2. The van der Waals surface area contributed by atoms with Crippen molar-refractivity contribution < 1.29 is 0 Å². The maximum atomic E-state index is 4.52. The van der Waals surface area contributed by atoms with Gasteiger partial charge in [0, 0.05) is 18.4 Å². The number of hydrogen-bond acceptors (Lipinski definition) is 4. The van der Waals surface area contributed by atoms with Crippen molar-refractivity contribution in [1.82, 2.24) is 15.3 Å². The Morgan fingerprint density at radius 2 is 1.94 bits per heavy atom. The molecule has 0 fully saturated rings. The van der Waals surface area contributed by atoms with E-state index in [2.05, 4.69) is 27.5 Å². The Bertz CT molecular complexity index is 496. The van der Waals surface area contributed by atoms with E-state index in [0.717, 1.165) is 30.0 Å². The van der Waals surface area contributed by atoms with Gasteiger partial charge >= 0.3 is 0 Å². The third-order valence-corrected chi connectivity index (χ3v) is 2.65. The molecule has 94 valence electrons.